The molecule has 0 radical (unpaired) electrons. The number of likely N-dealkylation sites (tertiary alicyclic amines) is 1. The molecule has 2 amide bonds. The van der Waals surface area contributed by atoms with Crippen LogP contribution in [0.15, 0.2) is 0 Å². The maximum Gasteiger partial charge on any atom is 0.225 e. The van der Waals surface area contributed by atoms with E-state index in [9.17, 15) is 9.59 Å². The highest BCUT2D eigenvalue weighted by Crippen LogP contribution is 2.37. The van der Waals surface area contributed by atoms with Crippen molar-refractivity contribution in [2.45, 2.75) is 44.3 Å². The standard InChI is InChI=1S/C14H23N3O3/c1-9-4-12(9)17-7-10(6-14(17)19)16-13(18)5-11-8-20-3-2-15-11/h9-12,15H,2-8H2,1H3,(H,16,18). The number of nitrogens with one attached hydrogen (secondary N) is 2. The SMILES string of the molecule is CC1CC1N1CC(NC(=O)CC2COCCN2)CC1=O. The van der Waals surface area contributed by atoms with Gasteiger partial charge in [-0.25, -0.2) is 0 Å². The van der Waals surface area contributed by atoms with Gasteiger partial charge in [-0.1, -0.05) is 6.92 Å². The zero-order valence-corrected chi connectivity index (χ0v) is 11.9. The van der Waals surface area contributed by atoms with Crippen molar-refractivity contribution in [3.05, 3.63) is 0 Å². The van der Waals surface area contributed by atoms with Crippen LogP contribution in [0.1, 0.15) is 26.2 Å². The highest BCUT2D eigenvalue weighted by molar-refractivity contribution is 5.83. The molecule has 0 aromatic carbocycles. The molecule has 2 saturated heterocycles. The molecular weight excluding hydrogens is 258 g/mol. The summed E-state index contributed by atoms with van der Waals surface area (Å²) >= 11 is 0. The molecule has 3 fully saturated rings. The lowest BCUT2D eigenvalue weighted by molar-refractivity contribution is -0.128. The van der Waals surface area contributed by atoms with E-state index in [1.165, 1.54) is 0 Å². The molecule has 20 heavy (non-hydrogen) atoms. The molecule has 6 nitrogen and oxygen atoms in total. The first-order valence-electron chi connectivity index (χ1n) is 7.53. The molecule has 2 aliphatic heterocycles. The number of nitrogens with zero attached hydrogens (tertiary/aromatic N) is 1. The topological polar surface area (TPSA) is 70.7 Å². The quantitative estimate of drug-likeness (QED) is 0.728. The van der Waals surface area contributed by atoms with Gasteiger partial charge in [0.1, 0.15) is 0 Å². The number of rotatable bonds is 4. The van der Waals surface area contributed by atoms with E-state index in [4.69, 9.17) is 4.74 Å². The minimum atomic E-state index is -0.0210. The summed E-state index contributed by atoms with van der Waals surface area (Å²) in [5.41, 5.74) is 0. The van der Waals surface area contributed by atoms with Gasteiger partial charge in [0, 0.05) is 38.0 Å². The molecule has 0 spiro atoms. The lowest BCUT2D eigenvalue weighted by atomic mass is 10.1. The largest absolute Gasteiger partial charge is 0.378 e. The van der Waals surface area contributed by atoms with Crippen molar-refractivity contribution in [1.29, 1.82) is 0 Å². The first kappa shape index (κ1) is 13.8. The van der Waals surface area contributed by atoms with Gasteiger partial charge >= 0.3 is 0 Å². The molecule has 1 saturated carbocycles. The Morgan fingerprint density at radius 2 is 2.35 bits per heavy atom. The number of hydrogen-bond acceptors (Lipinski definition) is 4. The smallest absolute Gasteiger partial charge is 0.225 e. The predicted molar refractivity (Wildman–Crippen MR) is 73.1 cm³/mol. The minimum absolute atomic E-state index is 0.0106. The third-order valence-corrected chi connectivity index (χ3v) is 4.42. The van der Waals surface area contributed by atoms with Gasteiger partial charge in [0.25, 0.3) is 0 Å². The zero-order chi connectivity index (χ0) is 14.1. The molecule has 2 heterocycles. The van der Waals surface area contributed by atoms with E-state index in [2.05, 4.69) is 17.6 Å². The van der Waals surface area contributed by atoms with Crippen molar-refractivity contribution in [3.8, 4) is 0 Å². The maximum atomic E-state index is 12.0. The van der Waals surface area contributed by atoms with Gasteiger partial charge in [-0.15, -0.1) is 0 Å². The molecule has 1 aliphatic carbocycles. The molecule has 0 bridgehead atoms. The Balaban J connectivity index is 1.43. The van der Waals surface area contributed by atoms with Crippen molar-refractivity contribution in [1.82, 2.24) is 15.5 Å². The molecule has 0 aromatic rings. The number of ether oxygens (including phenoxy) is 1. The highest BCUT2D eigenvalue weighted by atomic mass is 16.5. The molecule has 2 N–H and O–H groups in total. The molecule has 6 heteroatoms. The van der Waals surface area contributed by atoms with Gasteiger partial charge < -0.3 is 20.3 Å². The van der Waals surface area contributed by atoms with E-state index in [1.54, 1.807) is 0 Å². The molecule has 4 atom stereocenters. The fourth-order valence-corrected chi connectivity index (χ4v) is 3.15. The fourth-order valence-electron chi connectivity index (χ4n) is 3.15. The van der Waals surface area contributed by atoms with Gasteiger partial charge in [-0.2, -0.15) is 0 Å². The number of carbonyl (C=O) groups is 2. The van der Waals surface area contributed by atoms with Crippen LogP contribution in [0.4, 0.5) is 0 Å². The molecule has 4 unspecified atom stereocenters. The normalized spacial score (nSPS) is 37.0. The van der Waals surface area contributed by atoms with Gasteiger partial charge in [0.2, 0.25) is 11.8 Å². The van der Waals surface area contributed by atoms with Crippen molar-refractivity contribution < 1.29 is 14.3 Å². The first-order valence-corrected chi connectivity index (χ1v) is 7.53. The Kier molecular flexibility index (Phi) is 3.94. The van der Waals surface area contributed by atoms with Gasteiger partial charge in [0.05, 0.1) is 19.3 Å². The van der Waals surface area contributed by atoms with Crippen LogP contribution in [0.2, 0.25) is 0 Å². The molecule has 3 aliphatic rings. The maximum absolute atomic E-state index is 12.0. The van der Waals surface area contributed by atoms with Crippen LogP contribution >= 0.6 is 0 Å². The first-order chi connectivity index (χ1) is 9.63. The van der Waals surface area contributed by atoms with Crippen molar-refractivity contribution in [3.63, 3.8) is 0 Å². The summed E-state index contributed by atoms with van der Waals surface area (Å²) in [5, 5.41) is 6.25. The van der Waals surface area contributed by atoms with Gasteiger partial charge in [-0.3, -0.25) is 9.59 Å². The third-order valence-electron chi connectivity index (χ3n) is 4.42. The average molecular weight is 281 g/mol. The zero-order valence-electron chi connectivity index (χ0n) is 11.9. The molecular formula is C14H23N3O3. The van der Waals surface area contributed by atoms with E-state index in [0.717, 1.165) is 13.0 Å². The lowest BCUT2D eigenvalue weighted by Crippen LogP contribution is -2.46. The summed E-state index contributed by atoms with van der Waals surface area (Å²) in [4.78, 5) is 25.9. The Bertz CT molecular complexity index is 395. The van der Waals surface area contributed by atoms with Crippen LogP contribution in [0.25, 0.3) is 0 Å². The Labute approximate surface area is 119 Å². The summed E-state index contributed by atoms with van der Waals surface area (Å²) < 4.78 is 5.33. The van der Waals surface area contributed by atoms with Crippen molar-refractivity contribution in [2.24, 2.45) is 5.92 Å². The average Bonchev–Trinajstić information content (AvgIpc) is 3.02. The summed E-state index contributed by atoms with van der Waals surface area (Å²) in [6, 6.07) is 0.491. The van der Waals surface area contributed by atoms with Crippen LogP contribution in [0.5, 0.6) is 0 Å². The summed E-state index contributed by atoms with van der Waals surface area (Å²) in [6.45, 7) is 4.94. The van der Waals surface area contributed by atoms with E-state index < -0.39 is 0 Å². The predicted octanol–water partition coefficient (Wildman–Crippen LogP) is -0.510. The van der Waals surface area contributed by atoms with Gasteiger partial charge in [-0.05, 0) is 12.3 Å². The second-order valence-corrected chi connectivity index (χ2v) is 6.23. The van der Waals surface area contributed by atoms with Crippen LogP contribution in [-0.4, -0.2) is 61.1 Å². The van der Waals surface area contributed by atoms with E-state index in [-0.39, 0.29) is 23.9 Å². The summed E-state index contributed by atoms with van der Waals surface area (Å²) in [5.74, 6) is 0.817. The van der Waals surface area contributed by atoms with Crippen LogP contribution in [0.3, 0.4) is 0 Å². The van der Waals surface area contributed by atoms with E-state index in [1.807, 2.05) is 4.90 Å². The number of carbonyl (C=O) groups excluding carboxylic acids is 2. The van der Waals surface area contributed by atoms with Crippen molar-refractivity contribution >= 4 is 11.8 Å². The van der Waals surface area contributed by atoms with Crippen LogP contribution in [-0.2, 0) is 14.3 Å². The summed E-state index contributed by atoms with van der Waals surface area (Å²) in [6.07, 6.45) is 1.98. The van der Waals surface area contributed by atoms with Crippen LogP contribution < -0.4 is 10.6 Å². The number of morpholine rings is 1. The molecule has 112 valence electrons. The van der Waals surface area contributed by atoms with E-state index in [0.29, 0.717) is 44.6 Å². The minimum Gasteiger partial charge on any atom is -0.378 e. The Morgan fingerprint density at radius 3 is 3.00 bits per heavy atom. The lowest BCUT2D eigenvalue weighted by Gasteiger charge is -2.24. The highest BCUT2D eigenvalue weighted by Gasteiger charge is 2.44. The second-order valence-electron chi connectivity index (χ2n) is 6.23. The molecule has 3 rings (SSSR count). The summed E-state index contributed by atoms with van der Waals surface area (Å²) in [7, 11) is 0. The van der Waals surface area contributed by atoms with Crippen LogP contribution in [0, 0.1) is 5.92 Å². The number of amides is 2. The fraction of sp³-hybridized carbons (Fsp3) is 0.857. The third kappa shape index (κ3) is 3.12. The monoisotopic (exact) mass is 281 g/mol. The molecule has 0 aromatic heterocycles. The van der Waals surface area contributed by atoms with Crippen molar-refractivity contribution in [2.75, 3.05) is 26.3 Å². The second kappa shape index (κ2) is 5.69. The Morgan fingerprint density at radius 1 is 1.55 bits per heavy atom. The number of hydrogen-bond donors (Lipinski definition) is 2. The van der Waals surface area contributed by atoms with E-state index >= 15 is 0 Å². The van der Waals surface area contributed by atoms with Gasteiger partial charge in [0.15, 0.2) is 0 Å². The Hall–Kier alpha value is -1.14.